The van der Waals surface area contributed by atoms with Crippen molar-refractivity contribution in [2.45, 2.75) is 25.8 Å². The average molecular weight is 265 g/mol. The van der Waals surface area contributed by atoms with Crippen LogP contribution in [0, 0.1) is 12.8 Å². The Balaban J connectivity index is 1.56. The zero-order chi connectivity index (χ0) is 13.9. The smallest absolute Gasteiger partial charge is 0.224 e. The lowest BCUT2D eigenvalue weighted by Gasteiger charge is -2.07. The summed E-state index contributed by atoms with van der Waals surface area (Å²) in [6.45, 7) is 2.70. The Kier molecular flexibility index (Phi) is 3.55. The molecule has 2 aromatic rings. The molecule has 0 bridgehead atoms. The van der Waals surface area contributed by atoms with Gasteiger partial charge in [-0.25, -0.2) is 0 Å². The van der Waals surface area contributed by atoms with Gasteiger partial charge < -0.3 is 5.32 Å². The lowest BCUT2D eigenvalue weighted by Crippen LogP contribution is -2.25. The second kappa shape index (κ2) is 5.49. The van der Waals surface area contributed by atoms with Crippen molar-refractivity contribution in [1.29, 1.82) is 0 Å². The Bertz CT molecular complexity index is 606. The van der Waals surface area contributed by atoms with Gasteiger partial charge in [0.05, 0.1) is 0 Å². The molecule has 102 valence electrons. The number of rotatable bonds is 4. The summed E-state index contributed by atoms with van der Waals surface area (Å²) in [4.78, 5) is 12.2. The van der Waals surface area contributed by atoms with Gasteiger partial charge in [-0.15, -0.1) is 0 Å². The highest BCUT2D eigenvalue weighted by Gasteiger charge is 2.43. The van der Waals surface area contributed by atoms with Gasteiger partial charge in [-0.3, -0.25) is 4.79 Å². The average Bonchev–Trinajstić information content (AvgIpc) is 3.28. The summed E-state index contributed by atoms with van der Waals surface area (Å²) < 4.78 is 0. The number of hydrogen-bond acceptors (Lipinski definition) is 1. The van der Waals surface area contributed by atoms with Crippen LogP contribution >= 0.6 is 0 Å². The van der Waals surface area contributed by atoms with Crippen LogP contribution in [0.1, 0.15) is 29.0 Å². The Hall–Kier alpha value is -2.09. The topological polar surface area (TPSA) is 29.1 Å². The third kappa shape index (κ3) is 2.74. The molecule has 0 spiro atoms. The highest BCUT2D eigenvalue weighted by Crippen LogP contribution is 2.47. The molecule has 0 aromatic heterocycles. The molecule has 1 N–H and O–H groups in total. The Morgan fingerprint density at radius 1 is 1.10 bits per heavy atom. The molecule has 2 unspecified atom stereocenters. The van der Waals surface area contributed by atoms with Crippen molar-refractivity contribution in [3.05, 3.63) is 71.3 Å². The van der Waals surface area contributed by atoms with Crippen LogP contribution in [0.2, 0.25) is 0 Å². The monoisotopic (exact) mass is 265 g/mol. The number of carbonyl (C=O) groups excluding carboxylic acids is 1. The van der Waals surface area contributed by atoms with Crippen LogP contribution in [0.3, 0.4) is 0 Å². The summed E-state index contributed by atoms with van der Waals surface area (Å²) in [5.41, 5.74) is 3.70. The minimum atomic E-state index is 0.154. The van der Waals surface area contributed by atoms with Crippen LogP contribution in [0.15, 0.2) is 54.6 Å². The minimum Gasteiger partial charge on any atom is -0.352 e. The number of benzene rings is 2. The molecule has 1 saturated carbocycles. The minimum absolute atomic E-state index is 0.154. The SMILES string of the molecule is Cc1ccccc1CNC(=O)C1CC1c1ccccc1. The molecule has 1 amide bonds. The van der Waals surface area contributed by atoms with Gasteiger partial charge in [0.1, 0.15) is 0 Å². The van der Waals surface area contributed by atoms with E-state index in [4.69, 9.17) is 0 Å². The summed E-state index contributed by atoms with van der Waals surface area (Å²) in [6, 6.07) is 18.5. The quantitative estimate of drug-likeness (QED) is 0.901. The molecule has 3 rings (SSSR count). The molecule has 0 aliphatic heterocycles. The summed E-state index contributed by atoms with van der Waals surface area (Å²) in [5.74, 6) is 0.747. The summed E-state index contributed by atoms with van der Waals surface area (Å²) in [5, 5.41) is 3.06. The maximum absolute atomic E-state index is 12.2. The second-order valence-electron chi connectivity index (χ2n) is 5.50. The van der Waals surface area contributed by atoms with E-state index in [0.29, 0.717) is 12.5 Å². The van der Waals surface area contributed by atoms with E-state index in [1.807, 2.05) is 30.3 Å². The molecule has 2 aromatic carbocycles. The van der Waals surface area contributed by atoms with Gasteiger partial charge in [-0.2, -0.15) is 0 Å². The van der Waals surface area contributed by atoms with E-state index in [0.717, 1.165) is 6.42 Å². The van der Waals surface area contributed by atoms with Gasteiger partial charge in [0.25, 0.3) is 0 Å². The normalized spacial score (nSPS) is 20.4. The molecule has 2 nitrogen and oxygen atoms in total. The Morgan fingerprint density at radius 3 is 2.55 bits per heavy atom. The van der Waals surface area contributed by atoms with Crippen molar-refractivity contribution in [2.24, 2.45) is 5.92 Å². The van der Waals surface area contributed by atoms with Gasteiger partial charge >= 0.3 is 0 Å². The van der Waals surface area contributed by atoms with Gasteiger partial charge in [0, 0.05) is 12.5 Å². The predicted octanol–water partition coefficient (Wildman–Crippen LogP) is 3.41. The van der Waals surface area contributed by atoms with Gasteiger partial charge in [0.15, 0.2) is 0 Å². The molecule has 0 heterocycles. The lowest BCUT2D eigenvalue weighted by molar-refractivity contribution is -0.122. The fraction of sp³-hybridized carbons (Fsp3) is 0.278. The zero-order valence-electron chi connectivity index (χ0n) is 11.7. The molecular weight excluding hydrogens is 246 g/mol. The van der Waals surface area contributed by atoms with Crippen molar-refractivity contribution in [3.8, 4) is 0 Å². The van der Waals surface area contributed by atoms with E-state index in [1.165, 1.54) is 16.7 Å². The molecule has 0 radical (unpaired) electrons. The van der Waals surface area contributed by atoms with Gasteiger partial charge in [0.2, 0.25) is 5.91 Å². The molecule has 1 aliphatic carbocycles. The van der Waals surface area contributed by atoms with Crippen molar-refractivity contribution in [2.75, 3.05) is 0 Å². The molecule has 20 heavy (non-hydrogen) atoms. The van der Waals surface area contributed by atoms with Crippen molar-refractivity contribution < 1.29 is 4.79 Å². The first-order valence-electron chi connectivity index (χ1n) is 7.13. The number of amides is 1. The van der Waals surface area contributed by atoms with E-state index >= 15 is 0 Å². The van der Waals surface area contributed by atoms with Crippen molar-refractivity contribution in [1.82, 2.24) is 5.32 Å². The number of aryl methyl sites for hydroxylation is 1. The molecule has 1 fully saturated rings. The van der Waals surface area contributed by atoms with E-state index in [2.05, 4.69) is 36.5 Å². The van der Waals surface area contributed by atoms with Crippen LogP contribution in [-0.4, -0.2) is 5.91 Å². The summed E-state index contributed by atoms with van der Waals surface area (Å²) in [6.07, 6.45) is 0.976. The lowest BCUT2D eigenvalue weighted by atomic mass is 10.1. The first-order chi connectivity index (χ1) is 9.75. The highest BCUT2D eigenvalue weighted by atomic mass is 16.2. The van der Waals surface area contributed by atoms with Crippen LogP contribution in [0.4, 0.5) is 0 Å². The second-order valence-corrected chi connectivity index (χ2v) is 5.50. The van der Waals surface area contributed by atoms with Crippen LogP contribution < -0.4 is 5.32 Å². The van der Waals surface area contributed by atoms with E-state index < -0.39 is 0 Å². The fourth-order valence-electron chi connectivity index (χ4n) is 2.68. The van der Waals surface area contributed by atoms with E-state index in [9.17, 15) is 4.79 Å². The van der Waals surface area contributed by atoms with Crippen LogP contribution in [0.5, 0.6) is 0 Å². The Labute approximate surface area is 119 Å². The molecule has 1 aliphatic rings. The number of hydrogen-bond donors (Lipinski definition) is 1. The molecular formula is C18H19NO. The standard InChI is InChI=1S/C18H19NO/c1-13-7-5-6-10-15(13)12-19-18(20)17-11-16(17)14-8-3-2-4-9-14/h2-10,16-17H,11-12H2,1H3,(H,19,20). The first kappa shape index (κ1) is 12.9. The zero-order valence-corrected chi connectivity index (χ0v) is 11.7. The predicted molar refractivity (Wildman–Crippen MR) is 80.3 cm³/mol. The van der Waals surface area contributed by atoms with E-state index in [-0.39, 0.29) is 11.8 Å². The van der Waals surface area contributed by atoms with Crippen molar-refractivity contribution in [3.63, 3.8) is 0 Å². The maximum atomic E-state index is 12.2. The molecule has 0 saturated heterocycles. The van der Waals surface area contributed by atoms with Gasteiger partial charge in [-0.1, -0.05) is 54.6 Å². The molecule has 2 atom stereocenters. The van der Waals surface area contributed by atoms with E-state index in [1.54, 1.807) is 0 Å². The highest BCUT2D eigenvalue weighted by molar-refractivity contribution is 5.82. The first-order valence-corrected chi connectivity index (χ1v) is 7.13. The van der Waals surface area contributed by atoms with Crippen LogP contribution in [0.25, 0.3) is 0 Å². The van der Waals surface area contributed by atoms with Gasteiger partial charge in [-0.05, 0) is 36.0 Å². The number of carbonyl (C=O) groups is 1. The molecule has 2 heteroatoms. The largest absolute Gasteiger partial charge is 0.352 e. The summed E-state index contributed by atoms with van der Waals surface area (Å²) >= 11 is 0. The summed E-state index contributed by atoms with van der Waals surface area (Å²) in [7, 11) is 0. The maximum Gasteiger partial charge on any atom is 0.224 e. The van der Waals surface area contributed by atoms with Crippen LogP contribution in [-0.2, 0) is 11.3 Å². The Morgan fingerprint density at radius 2 is 1.80 bits per heavy atom. The fourth-order valence-corrected chi connectivity index (χ4v) is 2.68. The third-order valence-electron chi connectivity index (χ3n) is 4.07. The third-order valence-corrected chi connectivity index (χ3v) is 4.07. The van der Waals surface area contributed by atoms with Crippen molar-refractivity contribution >= 4 is 5.91 Å². The number of nitrogens with one attached hydrogen (secondary N) is 1.